The molecule has 0 bridgehead atoms. The Bertz CT molecular complexity index is 1260. The highest BCUT2D eigenvalue weighted by Gasteiger charge is 2.32. The van der Waals surface area contributed by atoms with E-state index in [1.807, 2.05) is 0 Å². The molecule has 0 saturated carbocycles. The first kappa shape index (κ1) is 22.4. The van der Waals surface area contributed by atoms with Crippen LogP contribution in [0.5, 0.6) is 5.75 Å². The van der Waals surface area contributed by atoms with Crippen molar-refractivity contribution in [3.05, 3.63) is 58.7 Å². The van der Waals surface area contributed by atoms with Crippen molar-refractivity contribution in [2.75, 3.05) is 13.1 Å². The molecule has 1 aliphatic heterocycles. The number of H-pyrrole nitrogens is 1. The zero-order valence-electron chi connectivity index (χ0n) is 18.1. The minimum absolute atomic E-state index is 0.104. The number of nitrogens with one attached hydrogen (secondary N) is 2. The lowest BCUT2D eigenvalue weighted by Crippen LogP contribution is -2.38. The number of likely N-dealkylation sites (tertiary alicyclic amines) is 1. The Labute approximate surface area is 192 Å². The molecule has 1 saturated heterocycles. The molecule has 10 heteroatoms. The van der Waals surface area contributed by atoms with Gasteiger partial charge in [0.1, 0.15) is 17.2 Å². The van der Waals surface area contributed by atoms with Gasteiger partial charge in [-0.1, -0.05) is 0 Å². The molecule has 2 N–H and O–H groups in total. The minimum atomic E-state index is -4.79. The van der Waals surface area contributed by atoms with Crippen LogP contribution in [0.3, 0.4) is 0 Å². The number of aryl methyl sites for hydroxylation is 1. The topological polar surface area (TPSA) is 82.1 Å². The van der Waals surface area contributed by atoms with Crippen molar-refractivity contribution < 1.29 is 27.1 Å². The molecule has 1 amide bonds. The maximum absolute atomic E-state index is 15.0. The van der Waals surface area contributed by atoms with Gasteiger partial charge in [0.05, 0.1) is 6.20 Å². The van der Waals surface area contributed by atoms with E-state index in [1.54, 1.807) is 4.90 Å². The summed E-state index contributed by atoms with van der Waals surface area (Å²) in [5.74, 6) is -1.16. The number of rotatable bonds is 3. The van der Waals surface area contributed by atoms with E-state index in [4.69, 9.17) is 5.41 Å². The maximum atomic E-state index is 15.0. The molecule has 2 aromatic heterocycles. The molecule has 178 valence electrons. The third-order valence-electron chi connectivity index (χ3n) is 6.60. The summed E-state index contributed by atoms with van der Waals surface area (Å²) in [5, 5.41) is 8.85. The number of pyridine rings is 1. The number of aromatic nitrogens is 2. The van der Waals surface area contributed by atoms with Crippen molar-refractivity contribution in [2.45, 2.75) is 44.4 Å². The number of alkyl halides is 3. The van der Waals surface area contributed by atoms with Gasteiger partial charge in [-0.2, -0.15) is 0 Å². The van der Waals surface area contributed by atoms with E-state index in [-0.39, 0.29) is 29.0 Å². The summed E-state index contributed by atoms with van der Waals surface area (Å²) in [5.41, 5.74) is 4.08. The van der Waals surface area contributed by atoms with Crippen molar-refractivity contribution >= 4 is 22.7 Å². The Morgan fingerprint density at radius 1 is 1.15 bits per heavy atom. The molecule has 6 nitrogen and oxygen atoms in total. The smallest absolute Gasteiger partial charge is 0.406 e. The van der Waals surface area contributed by atoms with Crippen LogP contribution in [-0.2, 0) is 12.8 Å². The number of hydrogen-bond donors (Lipinski definition) is 2. The van der Waals surface area contributed by atoms with Crippen molar-refractivity contribution in [3.8, 4) is 5.75 Å². The van der Waals surface area contributed by atoms with E-state index >= 15 is 4.39 Å². The van der Waals surface area contributed by atoms with Crippen LogP contribution in [0.2, 0.25) is 0 Å². The van der Waals surface area contributed by atoms with Crippen molar-refractivity contribution in [3.63, 3.8) is 0 Å². The fourth-order valence-electron chi connectivity index (χ4n) is 5.01. The largest absolute Gasteiger partial charge is 0.573 e. The lowest BCUT2D eigenvalue weighted by molar-refractivity contribution is -0.274. The normalized spacial score (nSPS) is 17.2. The lowest BCUT2D eigenvalue weighted by Gasteiger charge is -2.33. The number of carbonyl (C=O) groups excluding carboxylic acids is 1. The number of aromatic amines is 1. The molecule has 0 radical (unpaired) electrons. The Morgan fingerprint density at radius 2 is 1.85 bits per heavy atom. The van der Waals surface area contributed by atoms with Crippen LogP contribution in [0.1, 0.15) is 52.4 Å². The van der Waals surface area contributed by atoms with Gasteiger partial charge in [0.25, 0.3) is 5.91 Å². The number of ether oxygens (including phenoxy) is 1. The molecule has 3 heterocycles. The highest BCUT2D eigenvalue weighted by Crippen LogP contribution is 2.38. The average Bonchev–Trinajstić information content (AvgIpc) is 3.16. The molecular formula is C24H22F4N4O2. The monoisotopic (exact) mass is 474 g/mol. The van der Waals surface area contributed by atoms with E-state index < -0.39 is 6.36 Å². The van der Waals surface area contributed by atoms with Gasteiger partial charge in [-0.3, -0.25) is 4.79 Å². The molecule has 0 unspecified atom stereocenters. The van der Waals surface area contributed by atoms with Gasteiger partial charge in [0, 0.05) is 47.4 Å². The summed E-state index contributed by atoms with van der Waals surface area (Å²) < 4.78 is 55.9. The Balaban J connectivity index is 1.33. The van der Waals surface area contributed by atoms with Crippen molar-refractivity contribution in [1.29, 1.82) is 5.41 Å². The summed E-state index contributed by atoms with van der Waals surface area (Å²) in [6, 6.07) is 4.84. The fourth-order valence-corrected chi connectivity index (χ4v) is 5.01. The number of hydrogen-bond acceptors (Lipinski definition) is 4. The Morgan fingerprint density at radius 3 is 2.53 bits per heavy atom. The standard InChI is InChI=1S/C24H22F4N4O2/c25-18-12-30-22-21(17-11-15(29)3-6-19(17)31-22)20(18)13-7-9-32(10-8-13)23(33)14-1-4-16(5-2-14)34-24(26,27)28/h1-2,4-5,12-13,29H,3,6-11H2,(H,30,31). The summed E-state index contributed by atoms with van der Waals surface area (Å²) in [6.45, 7) is 0.798. The number of benzene rings is 1. The molecule has 3 aromatic rings. The van der Waals surface area contributed by atoms with E-state index in [2.05, 4.69) is 14.7 Å². The number of carbonyl (C=O) groups is 1. The quantitative estimate of drug-likeness (QED) is 0.517. The highest BCUT2D eigenvalue weighted by atomic mass is 19.4. The fraction of sp³-hybridized carbons (Fsp3) is 0.375. The first-order chi connectivity index (χ1) is 16.2. The summed E-state index contributed by atoms with van der Waals surface area (Å²) in [7, 11) is 0. The number of amides is 1. The van der Waals surface area contributed by atoms with Gasteiger partial charge in [0.2, 0.25) is 0 Å². The molecule has 0 atom stereocenters. The van der Waals surface area contributed by atoms with Crippen molar-refractivity contribution in [1.82, 2.24) is 14.9 Å². The summed E-state index contributed by atoms with van der Waals surface area (Å²) in [6.07, 6.45) is -0.582. The van der Waals surface area contributed by atoms with Gasteiger partial charge in [-0.05, 0) is 61.4 Å². The minimum Gasteiger partial charge on any atom is -0.406 e. The second kappa shape index (κ2) is 8.41. The van der Waals surface area contributed by atoms with Gasteiger partial charge in [0.15, 0.2) is 0 Å². The molecule has 1 aromatic carbocycles. The van der Waals surface area contributed by atoms with Gasteiger partial charge in [-0.25, -0.2) is 9.37 Å². The van der Waals surface area contributed by atoms with Gasteiger partial charge < -0.3 is 20.0 Å². The zero-order chi connectivity index (χ0) is 24.0. The molecule has 1 fully saturated rings. The SMILES string of the molecule is N=C1CCc2[nH]c3ncc(F)c(C4CCN(C(=O)c5ccc(OC(F)(F)F)cc5)CC4)c3c2C1. The third kappa shape index (κ3) is 4.24. The predicted octanol–water partition coefficient (Wildman–Crippen LogP) is 5.13. The summed E-state index contributed by atoms with van der Waals surface area (Å²) >= 11 is 0. The van der Waals surface area contributed by atoms with E-state index in [0.29, 0.717) is 62.1 Å². The van der Waals surface area contributed by atoms with Crippen LogP contribution in [0.25, 0.3) is 11.0 Å². The molecule has 2 aliphatic rings. The summed E-state index contributed by atoms with van der Waals surface area (Å²) in [4.78, 5) is 22.0. The van der Waals surface area contributed by atoms with Crippen LogP contribution >= 0.6 is 0 Å². The molecule has 1 aliphatic carbocycles. The Kier molecular flexibility index (Phi) is 5.53. The third-order valence-corrected chi connectivity index (χ3v) is 6.60. The van der Waals surface area contributed by atoms with Crippen LogP contribution < -0.4 is 4.74 Å². The molecule has 5 rings (SSSR count). The van der Waals surface area contributed by atoms with Crippen LogP contribution in [0.15, 0.2) is 30.5 Å². The molecule has 0 spiro atoms. The van der Waals surface area contributed by atoms with E-state index in [1.165, 1.54) is 18.3 Å². The van der Waals surface area contributed by atoms with Crippen LogP contribution in [0.4, 0.5) is 17.6 Å². The molecular weight excluding hydrogens is 452 g/mol. The predicted molar refractivity (Wildman–Crippen MR) is 117 cm³/mol. The van der Waals surface area contributed by atoms with E-state index in [0.717, 1.165) is 28.8 Å². The van der Waals surface area contributed by atoms with Crippen LogP contribution in [-0.4, -0.2) is 45.9 Å². The van der Waals surface area contributed by atoms with Gasteiger partial charge >= 0.3 is 6.36 Å². The number of halogens is 4. The second-order valence-corrected chi connectivity index (χ2v) is 8.74. The first-order valence-corrected chi connectivity index (χ1v) is 11.1. The van der Waals surface area contributed by atoms with Gasteiger partial charge in [-0.15, -0.1) is 13.2 Å². The number of fused-ring (bicyclic) bond motifs is 3. The van der Waals surface area contributed by atoms with E-state index in [9.17, 15) is 18.0 Å². The average molecular weight is 474 g/mol. The lowest BCUT2D eigenvalue weighted by atomic mass is 9.84. The maximum Gasteiger partial charge on any atom is 0.573 e. The highest BCUT2D eigenvalue weighted by molar-refractivity contribution is 5.95. The number of piperidine rings is 1. The first-order valence-electron chi connectivity index (χ1n) is 11.1. The zero-order valence-corrected chi connectivity index (χ0v) is 18.1. The van der Waals surface area contributed by atoms with Crippen molar-refractivity contribution in [2.24, 2.45) is 0 Å². The number of nitrogens with zero attached hydrogens (tertiary/aromatic N) is 2. The van der Waals surface area contributed by atoms with Crippen LogP contribution in [0, 0.1) is 11.2 Å². The Hall–Kier alpha value is -3.43. The molecule has 34 heavy (non-hydrogen) atoms. The second-order valence-electron chi connectivity index (χ2n) is 8.74.